The second-order valence-corrected chi connectivity index (χ2v) is 7.51. The third-order valence-corrected chi connectivity index (χ3v) is 6.21. The molecule has 3 aromatic rings. The van der Waals surface area contributed by atoms with E-state index in [-0.39, 0.29) is 11.6 Å². The lowest BCUT2D eigenvalue weighted by molar-refractivity contribution is 0.0605. The van der Waals surface area contributed by atoms with Crippen molar-refractivity contribution in [3.63, 3.8) is 0 Å². The van der Waals surface area contributed by atoms with Crippen LogP contribution in [-0.2, 0) is 17.8 Å². The summed E-state index contributed by atoms with van der Waals surface area (Å²) in [6.45, 7) is 6.28. The summed E-state index contributed by atoms with van der Waals surface area (Å²) in [7, 11) is 1.34. The van der Waals surface area contributed by atoms with Gasteiger partial charge < -0.3 is 14.3 Å². The Morgan fingerprint density at radius 2 is 2.27 bits per heavy atom. The summed E-state index contributed by atoms with van der Waals surface area (Å²) < 4.78 is 7.05. The largest absolute Gasteiger partial charge is 0.465 e. The third kappa shape index (κ3) is 2.65. The Morgan fingerprint density at radius 1 is 1.46 bits per heavy atom. The van der Waals surface area contributed by atoms with Crippen LogP contribution in [0.3, 0.4) is 0 Å². The van der Waals surface area contributed by atoms with Crippen molar-refractivity contribution in [3.05, 3.63) is 50.6 Å². The minimum atomic E-state index is -0.433. The average Bonchev–Trinajstić information content (AvgIpc) is 3.22. The lowest BCUT2D eigenvalue weighted by Crippen LogP contribution is -2.36. The maximum atomic E-state index is 12.6. The van der Waals surface area contributed by atoms with Gasteiger partial charge in [-0.05, 0) is 31.5 Å². The molecule has 4 rings (SSSR count). The minimum Gasteiger partial charge on any atom is -0.465 e. The van der Waals surface area contributed by atoms with Crippen LogP contribution in [-0.4, -0.2) is 39.1 Å². The number of carbonyl (C=O) groups excluding carboxylic acids is 1. The number of hydrogen-bond acceptors (Lipinski definition) is 6. The van der Waals surface area contributed by atoms with Gasteiger partial charge in [-0.25, -0.2) is 9.78 Å². The smallest absolute Gasteiger partial charge is 0.348 e. The van der Waals surface area contributed by atoms with Gasteiger partial charge in [-0.1, -0.05) is 0 Å². The SMILES string of the molecule is COC(=O)c1sc2nc(CN3CCn4cccc4[C@H]3C)[nH]c(=O)c2c1C. The van der Waals surface area contributed by atoms with Crippen molar-refractivity contribution in [1.29, 1.82) is 0 Å². The Balaban J connectivity index is 1.68. The van der Waals surface area contributed by atoms with Crippen molar-refractivity contribution in [2.45, 2.75) is 33.0 Å². The number of methoxy groups -OCH3 is 1. The predicted molar refractivity (Wildman–Crippen MR) is 99.6 cm³/mol. The zero-order valence-electron chi connectivity index (χ0n) is 14.9. The Labute approximate surface area is 154 Å². The van der Waals surface area contributed by atoms with E-state index in [0.717, 1.165) is 13.1 Å². The molecule has 0 aliphatic carbocycles. The van der Waals surface area contributed by atoms with E-state index in [1.54, 1.807) is 6.92 Å². The Bertz CT molecular complexity index is 1050. The van der Waals surface area contributed by atoms with Crippen LogP contribution in [0.2, 0.25) is 0 Å². The topological polar surface area (TPSA) is 80.2 Å². The molecule has 0 fully saturated rings. The highest BCUT2D eigenvalue weighted by Gasteiger charge is 2.25. The number of hydrogen-bond donors (Lipinski definition) is 1. The Kier molecular flexibility index (Phi) is 4.16. The number of rotatable bonds is 3. The van der Waals surface area contributed by atoms with E-state index in [0.29, 0.717) is 33.0 Å². The van der Waals surface area contributed by atoms with Gasteiger partial charge in [0.1, 0.15) is 15.5 Å². The van der Waals surface area contributed by atoms with E-state index in [1.165, 1.54) is 24.1 Å². The fourth-order valence-electron chi connectivity index (χ4n) is 3.59. The summed E-state index contributed by atoms with van der Waals surface area (Å²) >= 11 is 1.21. The molecule has 4 heterocycles. The highest BCUT2D eigenvalue weighted by atomic mass is 32.1. The number of aryl methyl sites for hydroxylation is 1. The summed E-state index contributed by atoms with van der Waals surface area (Å²) in [5.74, 6) is 0.184. The first-order valence-corrected chi connectivity index (χ1v) is 9.31. The van der Waals surface area contributed by atoms with Gasteiger partial charge in [-0.2, -0.15) is 0 Å². The second-order valence-electron chi connectivity index (χ2n) is 6.51. The number of fused-ring (bicyclic) bond motifs is 2. The molecular weight excluding hydrogens is 352 g/mol. The molecule has 136 valence electrons. The highest BCUT2D eigenvalue weighted by Crippen LogP contribution is 2.29. The maximum Gasteiger partial charge on any atom is 0.348 e. The summed E-state index contributed by atoms with van der Waals surface area (Å²) in [5, 5.41) is 0.472. The Hall–Kier alpha value is -2.45. The van der Waals surface area contributed by atoms with E-state index in [4.69, 9.17) is 4.74 Å². The summed E-state index contributed by atoms with van der Waals surface area (Å²) in [6.07, 6.45) is 2.10. The number of esters is 1. The summed E-state index contributed by atoms with van der Waals surface area (Å²) in [4.78, 5) is 35.3. The van der Waals surface area contributed by atoms with Crippen molar-refractivity contribution >= 4 is 27.5 Å². The average molecular weight is 372 g/mol. The molecule has 8 heteroatoms. The van der Waals surface area contributed by atoms with Gasteiger partial charge in [0, 0.05) is 31.0 Å². The number of aromatic nitrogens is 3. The third-order valence-electron chi connectivity index (χ3n) is 5.04. The van der Waals surface area contributed by atoms with Crippen molar-refractivity contribution < 1.29 is 9.53 Å². The molecule has 1 aliphatic rings. The zero-order chi connectivity index (χ0) is 18.4. The second kappa shape index (κ2) is 6.37. The van der Waals surface area contributed by atoms with E-state index in [2.05, 4.69) is 44.7 Å². The van der Waals surface area contributed by atoms with Crippen molar-refractivity contribution in [2.75, 3.05) is 13.7 Å². The number of aromatic amines is 1. The quantitative estimate of drug-likeness (QED) is 0.715. The van der Waals surface area contributed by atoms with Crippen LogP contribution in [0.5, 0.6) is 0 Å². The number of carbonyl (C=O) groups is 1. The van der Waals surface area contributed by atoms with Gasteiger partial charge in [0.15, 0.2) is 0 Å². The number of ether oxygens (including phenoxy) is 1. The first-order valence-electron chi connectivity index (χ1n) is 8.49. The van der Waals surface area contributed by atoms with Crippen LogP contribution >= 0.6 is 11.3 Å². The molecule has 26 heavy (non-hydrogen) atoms. The van der Waals surface area contributed by atoms with Crippen LogP contribution < -0.4 is 5.56 Å². The predicted octanol–water partition coefficient (Wildman–Crippen LogP) is 2.46. The number of nitrogens with zero attached hydrogens (tertiary/aromatic N) is 3. The van der Waals surface area contributed by atoms with Gasteiger partial charge in [-0.3, -0.25) is 9.69 Å². The normalized spacial score (nSPS) is 17.4. The number of thiophene rings is 1. The summed E-state index contributed by atoms with van der Waals surface area (Å²) in [6, 6.07) is 4.43. The lowest BCUT2D eigenvalue weighted by Gasteiger charge is -2.34. The van der Waals surface area contributed by atoms with Gasteiger partial charge >= 0.3 is 5.97 Å². The van der Waals surface area contributed by atoms with E-state index in [9.17, 15) is 9.59 Å². The first-order chi connectivity index (χ1) is 12.5. The molecular formula is C18H20N4O3S. The van der Waals surface area contributed by atoms with Gasteiger partial charge in [0.2, 0.25) is 0 Å². The molecule has 3 aromatic heterocycles. The molecule has 0 aromatic carbocycles. The summed E-state index contributed by atoms with van der Waals surface area (Å²) in [5.41, 5.74) is 1.68. The van der Waals surface area contributed by atoms with Crippen LogP contribution in [0.25, 0.3) is 10.2 Å². The molecule has 0 saturated carbocycles. The number of nitrogens with one attached hydrogen (secondary N) is 1. The van der Waals surface area contributed by atoms with Crippen molar-refractivity contribution in [1.82, 2.24) is 19.4 Å². The molecule has 7 nitrogen and oxygen atoms in total. The molecule has 1 atom stereocenters. The first kappa shape index (κ1) is 17.0. The monoisotopic (exact) mass is 372 g/mol. The van der Waals surface area contributed by atoms with Crippen molar-refractivity contribution in [3.8, 4) is 0 Å². The lowest BCUT2D eigenvalue weighted by atomic mass is 10.1. The van der Waals surface area contributed by atoms with Crippen LogP contribution in [0, 0.1) is 6.92 Å². The molecule has 0 radical (unpaired) electrons. The van der Waals surface area contributed by atoms with Gasteiger partial charge in [-0.15, -0.1) is 11.3 Å². The molecule has 0 bridgehead atoms. The van der Waals surface area contributed by atoms with Crippen LogP contribution in [0.1, 0.15) is 39.7 Å². The molecule has 0 unspecified atom stereocenters. The Morgan fingerprint density at radius 3 is 3.04 bits per heavy atom. The van der Waals surface area contributed by atoms with Crippen LogP contribution in [0.15, 0.2) is 23.1 Å². The van der Waals surface area contributed by atoms with E-state index in [1.807, 2.05) is 0 Å². The van der Waals surface area contributed by atoms with E-state index < -0.39 is 5.97 Å². The standard InChI is InChI=1S/C18H20N4O3S/c1-10-14-16(23)19-13(20-17(14)26-15(10)18(24)25-3)9-22-8-7-21-6-4-5-12(21)11(22)2/h4-6,11H,7-9H2,1-3H3,(H,19,20,23)/t11-/m1/s1. The molecule has 0 saturated heterocycles. The minimum absolute atomic E-state index is 0.207. The van der Waals surface area contributed by atoms with Crippen molar-refractivity contribution in [2.24, 2.45) is 0 Å². The molecule has 0 spiro atoms. The van der Waals surface area contributed by atoms with Crippen LogP contribution in [0.4, 0.5) is 0 Å². The fraction of sp³-hybridized carbons (Fsp3) is 0.389. The van der Waals surface area contributed by atoms with E-state index >= 15 is 0 Å². The number of H-pyrrole nitrogens is 1. The maximum absolute atomic E-state index is 12.6. The van der Waals surface area contributed by atoms with Gasteiger partial charge in [0.05, 0.1) is 19.0 Å². The molecule has 0 amide bonds. The zero-order valence-corrected chi connectivity index (χ0v) is 15.7. The molecule has 1 aliphatic heterocycles. The molecule has 1 N–H and O–H groups in total. The van der Waals surface area contributed by atoms with Gasteiger partial charge in [0.25, 0.3) is 5.56 Å². The fourth-order valence-corrected chi connectivity index (χ4v) is 4.71. The highest BCUT2D eigenvalue weighted by molar-refractivity contribution is 7.20.